The number of benzene rings is 1. The highest BCUT2D eigenvalue weighted by atomic mass is 32.1. The first-order valence-electron chi connectivity index (χ1n) is 8.76. The van der Waals surface area contributed by atoms with Crippen LogP contribution in [0.2, 0.25) is 0 Å². The number of thiazole rings is 1. The molecule has 0 saturated carbocycles. The van der Waals surface area contributed by atoms with E-state index in [1.165, 1.54) is 36.3 Å². The van der Waals surface area contributed by atoms with E-state index in [2.05, 4.69) is 20.2 Å². The van der Waals surface area contributed by atoms with Crippen molar-refractivity contribution < 1.29 is 4.39 Å². The molecule has 1 aromatic carbocycles. The number of hydrogen-bond donors (Lipinski definition) is 1. The van der Waals surface area contributed by atoms with Gasteiger partial charge in [-0.3, -0.25) is 4.90 Å². The van der Waals surface area contributed by atoms with Crippen LogP contribution in [-0.2, 0) is 6.54 Å². The number of nitrogens with zero attached hydrogens (tertiary/aromatic N) is 4. The van der Waals surface area contributed by atoms with Gasteiger partial charge in [0, 0.05) is 24.3 Å². The molecule has 1 aliphatic rings. The molecule has 26 heavy (non-hydrogen) atoms. The van der Waals surface area contributed by atoms with Gasteiger partial charge in [-0.2, -0.15) is 0 Å². The van der Waals surface area contributed by atoms with Gasteiger partial charge in [-0.15, -0.1) is 11.3 Å². The fourth-order valence-electron chi connectivity index (χ4n) is 3.34. The number of nitrogens with one attached hydrogen (secondary N) is 1. The van der Waals surface area contributed by atoms with Crippen LogP contribution in [0, 0.1) is 5.82 Å². The smallest absolute Gasteiger partial charge is 0.229 e. The van der Waals surface area contributed by atoms with E-state index < -0.39 is 0 Å². The molecule has 134 valence electrons. The van der Waals surface area contributed by atoms with Gasteiger partial charge in [0.2, 0.25) is 5.95 Å². The van der Waals surface area contributed by atoms with Gasteiger partial charge in [0.1, 0.15) is 5.82 Å². The predicted octanol–water partition coefficient (Wildman–Crippen LogP) is 4.54. The van der Waals surface area contributed by atoms with Gasteiger partial charge in [0.15, 0.2) is 5.13 Å². The van der Waals surface area contributed by atoms with Crippen LogP contribution in [0.4, 0.5) is 15.5 Å². The van der Waals surface area contributed by atoms with Gasteiger partial charge in [-0.1, -0.05) is 18.6 Å². The van der Waals surface area contributed by atoms with E-state index in [1.807, 2.05) is 23.6 Å². The average Bonchev–Trinajstić information content (AvgIpc) is 3.17. The van der Waals surface area contributed by atoms with Crippen LogP contribution in [0.1, 0.15) is 36.6 Å². The summed E-state index contributed by atoms with van der Waals surface area (Å²) in [7, 11) is 0. The van der Waals surface area contributed by atoms with E-state index in [-0.39, 0.29) is 11.9 Å². The Morgan fingerprint density at radius 3 is 2.81 bits per heavy atom. The molecule has 3 heterocycles. The minimum atomic E-state index is -0.197. The third-order valence-electron chi connectivity index (χ3n) is 4.58. The summed E-state index contributed by atoms with van der Waals surface area (Å²) >= 11 is 1.52. The maximum Gasteiger partial charge on any atom is 0.229 e. The van der Waals surface area contributed by atoms with Crippen molar-refractivity contribution in [3.8, 4) is 0 Å². The van der Waals surface area contributed by atoms with Gasteiger partial charge in [-0.05, 0) is 43.1 Å². The van der Waals surface area contributed by atoms with Crippen molar-refractivity contribution in [2.75, 3.05) is 11.9 Å². The first-order chi connectivity index (χ1) is 12.8. The largest absolute Gasteiger partial charge is 0.300 e. The van der Waals surface area contributed by atoms with Crippen LogP contribution in [0.25, 0.3) is 0 Å². The minimum absolute atomic E-state index is 0.197. The summed E-state index contributed by atoms with van der Waals surface area (Å²) in [4.78, 5) is 15.7. The number of piperidine rings is 1. The lowest BCUT2D eigenvalue weighted by Crippen LogP contribution is -2.33. The Hall–Kier alpha value is -2.38. The number of hydrogen-bond acceptors (Lipinski definition) is 6. The molecule has 0 radical (unpaired) electrons. The second-order valence-corrected chi connectivity index (χ2v) is 7.27. The Balaban J connectivity index is 1.53. The first kappa shape index (κ1) is 17.1. The molecular formula is C19H20FN5S. The highest BCUT2D eigenvalue weighted by Gasteiger charge is 2.25. The molecule has 4 rings (SSSR count). The van der Waals surface area contributed by atoms with Gasteiger partial charge >= 0.3 is 0 Å². The standard InChI is InChI=1S/C19H20FN5S/c20-15-6-4-14(5-7-15)13-25-11-2-1-3-17(25)16-8-9-21-18(23-16)24-19-22-10-12-26-19/h4-10,12,17H,1-3,11,13H2,(H,21,22,23,24). The molecule has 0 bridgehead atoms. The Kier molecular flexibility index (Phi) is 5.17. The van der Waals surface area contributed by atoms with Crippen molar-refractivity contribution in [2.45, 2.75) is 31.8 Å². The zero-order valence-corrected chi connectivity index (χ0v) is 15.1. The molecule has 0 aliphatic carbocycles. The first-order valence-corrected chi connectivity index (χ1v) is 9.64. The minimum Gasteiger partial charge on any atom is -0.300 e. The fourth-order valence-corrected chi connectivity index (χ4v) is 3.86. The summed E-state index contributed by atoms with van der Waals surface area (Å²) in [5.74, 6) is 0.377. The zero-order chi connectivity index (χ0) is 17.8. The molecule has 7 heteroatoms. The van der Waals surface area contributed by atoms with Crippen LogP contribution in [0.15, 0.2) is 48.1 Å². The van der Waals surface area contributed by atoms with Crippen LogP contribution >= 0.6 is 11.3 Å². The molecule has 0 spiro atoms. The molecule has 2 aromatic heterocycles. The lowest BCUT2D eigenvalue weighted by atomic mass is 9.98. The molecule has 3 aromatic rings. The summed E-state index contributed by atoms with van der Waals surface area (Å²) in [6.45, 7) is 1.81. The molecule has 1 unspecified atom stereocenters. The summed E-state index contributed by atoms with van der Waals surface area (Å²) in [6.07, 6.45) is 6.97. The molecular weight excluding hydrogens is 349 g/mol. The van der Waals surface area contributed by atoms with Crippen LogP contribution in [-0.4, -0.2) is 26.4 Å². The Morgan fingerprint density at radius 2 is 2.00 bits per heavy atom. The third-order valence-corrected chi connectivity index (χ3v) is 5.27. The number of likely N-dealkylation sites (tertiary alicyclic amines) is 1. The second kappa shape index (κ2) is 7.88. The van der Waals surface area contributed by atoms with Crippen molar-refractivity contribution in [3.63, 3.8) is 0 Å². The van der Waals surface area contributed by atoms with Crippen molar-refractivity contribution in [3.05, 3.63) is 65.2 Å². The SMILES string of the molecule is Fc1ccc(CN2CCCCC2c2ccnc(Nc3nccs3)n2)cc1. The molecule has 1 aliphatic heterocycles. The predicted molar refractivity (Wildman–Crippen MR) is 101 cm³/mol. The highest BCUT2D eigenvalue weighted by molar-refractivity contribution is 7.13. The van der Waals surface area contributed by atoms with Gasteiger partial charge in [0.05, 0.1) is 11.7 Å². The van der Waals surface area contributed by atoms with Gasteiger partial charge in [-0.25, -0.2) is 19.3 Å². The Bertz CT molecular complexity index is 837. The quantitative estimate of drug-likeness (QED) is 0.715. The Labute approximate surface area is 156 Å². The summed E-state index contributed by atoms with van der Waals surface area (Å²) in [6, 6.07) is 8.99. The third kappa shape index (κ3) is 4.05. The lowest BCUT2D eigenvalue weighted by Gasteiger charge is -2.35. The maximum absolute atomic E-state index is 13.2. The van der Waals surface area contributed by atoms with Crippen molar-refractivity contribution in [2.24, 2.45) is 0 Å². The molecule has 1 saturated heterocycles. The van der Waals surface area contributed by atoms with E-state index in [0.29, 0.717) is 5.95 Å². The van der Waals surface area contributed by atoms with E-state index in [9.17, 15) is 4.39 Å². The number of rotatable bonds is 5. The van der Waals surface area contributed by atoms with Gasteiger partial charge < -0.3 is 5.32 Å². The molecule has 5 nitrogen and oxygen atoms in total. The topological polar surface area (TPSA) is 53.9 Å². The second-order valence-electron chi connectivity index (χ2n) is 6.38. The average molecular weight is 369 g/mol. The lowest BCUT2D eigenvalue weighted by molar-refractivity contribution is 0.137. The molecule has 0 amide bonds. The van der Waals surface area contributed by atoms with Crippen LogP contribution < -0.4 is 5.32 Å². The number of aromatic nitrogens is 3. The monoisotopic (exact) mass is 369 g/mol. The Morgan fingerprint density at radius 1 is 1.12 bits per heavy atom. The van der Waals surface area contributed by atoms with Crippen molar-refractivity contribution in [1.82, 2.24) is 19.9 Å². The van der Waals surface area contributed by atoms with E-state index in [0.717, 1.165) is 35.9 Å². The van der Waals surface area contributed by atoms with Crippen LogP contribution in [0.3, 0.4) is 0 Å². The normalized spacial score (nSPS) is 18.0. The van der Waals surface area contributed by atoms with Gasteiger partial charge in [0.25, 0.3) is 0 Å². The number of halogens is 1. The molecule has 1 atom stereocenters. The number of anilines is 2. The summed E-state index contributed by atoms with van der Waals surface area (Å²) in [5.41, 5.74) is 2.13. The van der Waals surface area contributed by atoms with Crippen molar-refractivity contribution >= 4 is 22.4 Å². The van der Waals surface area contributed by atoms with E-state index in [4.69, 9.17) is 4.98 Å². The van der Waals surface area contributed by atoms with E-state index >= 15 is 0 Å². The maximum atomic E-state index is 13.2. The zero-order valence-electron chi connectivity index (χ0n) is 14.3. The summed E-state index contributed by atoms with van der Waals surface area (Å²) in [5, 5.41) is 5.86. The molecule has 1 N–H and O–H groups in total. The van der Waals surface area contributed by atoms with Crippen molar-refractivity contribution in [1.29, 1.82) is 0 Å². The summed E-state index contributed by atoms with van der Waals surface area (Å²) < 4.78 is 13.2. The van der Waals surface area contributed by atoms with Crippen LogP contribution in [0.5, 0.6) is 0 Å². The van der Waals surface area contributed by atoms with E-state index in [1.54, 1.807) is 12.4 Å². The molecule has 1 fully saturated rings. The highest BCUT2D eigenvalue weighted by Crippen LogP contribution is 2.31. The fraction of sp³-hybridized carbons (Fsp3) is 0.316.